The molecule has 1 nitrogen and oxygen atoms in total. The topological polar surface area (TPSA) is 17.1 Å². The summed E-state index contributed by atoms with van der Waals surface area (Å²) in [5.74, 6) is 0. The van der Waals surface area contributed by atoms with Crippen molar-refractivity contribution >= 4 is 27.2 Å². The fourth-order valence-electron chi connectivity index (χ4n) is 1.60. The molecule has 0 heterocycles. The Hall–Kier alpha value is 0.200. The van der Waals surface area contributed by atoms with E-state index in [0.29, 0.717) is 0 Å². The van der Waals surface area contributed by atoms with Gasteiger partial charge < -0.3 is 0 Å². The van der Waals surface area contributed by atoms with E-state index in [1.165, 1.54) is 45.8 Å². The first-order valence-corrected chi connectivity index (χ1v) is 7.49. The minimum absolute atomic E-state index is 0.122. The predicted octanol–water partition coefficient (Wildman–Crippen LogP) is 2.55. The number of carbonyl (C=O) groups is 1. The Morgan fingerprint density at radius 1 is 1.42 bits per heavy atom. The molecule has 0 unspecified atom stereocenters. The number of rotatable bonds is 3. The second kappa shape index (κ2) is 5.78. The summed E-state index contributed by atoms with van der Waals surface area (Å²) in [5, 5.41) is 0. The molecule has 0 bridgehead atoms. The zero-order chi connectivity index (χ0) is 8.81. The molecule has 12 heavy (non-hydrogen) atoms. The Kier molecular flexibility index (Phi) is 4.95. The first kappa shape index (κ1) is 10.3. The first-order chi connectivity index (χ1) is 5.88. The van der Waals surface area contributed by atoms with Gasteiger partial charge in [-0.05, 0) is 0 Å². The van der Waals surface area contributed by atoms with Crippen LogP contribution in [0.25, 0.3) is 0 Å². The molecule has 1 aliphatic rings. The predicted molar refractivity (Wildman–Crippen MR) is 52.4 cm³/mol. The summed E-state index contributed by atoms with van der Waals surface area (Å²) >= 11 is -0.122. The van der Waals surface area contributed by atoms with Crippen molar-refractivity contribution in [3.05, 3.63) is 9.19 Å². The SMILES string of the molecule is CC[Te]C(C=O)=C1CCCCC1. The molecule has 0 aromatic heterocycles. The number of hydrogen-bond donors (Lipinski definition) is 0. The molecule has 0 spiro atoms. The summed E-state index contributed by atoms with van der Waals surface area (Å²) in [7, 11) is 0. The molecule has 0 amide bonds. The van der Waals surface area contributed by atoms with E-state index in [4.69, 9.17) is 0 Å². The van der Waals surface area contributed by atoms with E-state index >= 15 is 0 Å². The molecular weight excluding hydrogens is 264 g/mol. The van der Waals surface area contributed by atoms with Crippen LogP contribution in [-0.4, -0.2) is 27.2 Å². The van der Waals surface area contributed by atoms with Crippen LogP contribution < -0.4 is 0 Å². The van der Waals surface area contributed by atoms with Crippen molar-refractivity contribution in [3.8, 4) is 0 Å². The molecule has 0 N–H and O–H groups in total. The van der Waals surface area contributed by atoms with Crippen LogP contribution in [0.1, 0.15) is 39.0 Å². The van der Waals surface area contributed by atoms with Crippen LogP contribution in [0.5, 0.6) is 0 Å². The summed E-state index contributed by atoms with van der Waals surface area (Å²) in [5.41, 5.74) is 1.50. The standard InChI is InChI=1S/C10H16OTe/c1-2-12-10(8-11)9-6-4-3-5-7-9/h8H,2-7H2,1H3. The third kappa shape index (κ3) is 2.92. The molecule has 0 aliphatic heterocycles. The maximum atomic E-state index is 10.8. The molecule has 1 saturated carbocycles. The van der Waals surface area contributed by atoms with Crippen LogP contribution in [0, 0.1) is 0 Å². The van der Waals surface area contributed by atoms with E-state index in [9.17, 15) is 4.79 Å². The normalized spacial score (nSPS) is 17.6. The van der Waals surface area contributed by atoms with Gasteiger partial charge in [-0.25, -0.2) is 0 Å². The van der Waals surface area contributed by atoms with Gasteiger partial charge in [-0.1, -0.05) is 0 Å². The fraction of sp³-hybridized carbons (Fsp3) is 0.700. The average Bonchev–Trinajstić information content (AvgIpc) is 2.15. The summed E-state index contributed by atoms with van der Waals surface area (Å²) < 4.78 is 2.45. The fourth-order valence-corrected chi connectivity index (χ4v) is 3.85. The van der Waals surface area contributed by atoms with Crippen LogP contribution >= 0.6 is 0 Å². The van der Waals surface area contributed by atoms with Gasteiger partial charge in [0.05, 0.1) is 0 Å². The van der Waals surface area contributed by atoms with Crippen molar-refractivity contribution in [2.45, 2.75) is 43.5 Å². The Morgan fingerprint density at radius 3 is 2.58 bits per heavy atom. The van der Waals surface area contributed by atoms with Gasteiger partial charge in [-0.15, -0.1) is 0 Å². The minimum atomic E-state index is -0.122. The number of carbonyl (C=O) groups excluding carboxylic acids is 1. The van der Waals surface area contributed by atoms with E-state index in [1.54, 1.807) is 0 Å². The van der Waals surface area contributed by atoms with Crippen LogP contribution in [0.4, 0.5) is 0 Å². The summed E-state index contributed by atoms with van der Waals surface area (Å²) in [4.78, 5) is 10.8. The Labute approximate surface area is 84.7 Å². The van der Waals surface area contributed by atoms with Gasteiger partial charge in [0.15, 0.2) is 0 Å². The van der Waals surface area contributed by atoms with E-state index < -0.39 is 0 Å². The van der Waals surface area contributed by atoms with Crippen LogP contribution in [0.3, 0.4) is 0 Å². The molecule has 1 fully saturated rings. The quantitative estimate of drug-likeness (QED) is 0.441. The number of allylic oxidation sites excluding steroid dienone is 2. The molecule has 1 rings (SSSR count). The molecular formula is C10H16OTe. The Bertz CT molecular complexity index is 176. The van der Waals surface area contributed by atoms with Gasteiger partial charge in [-0.3, -0.25) is 0 Å². The van der Waals surface area contributed by atoms with Gasteiger partial charge in [0.1, 0.15) is 0 Å². The summed E-state index contributed by atoms with van der Waals surface area (Å²) in [6, 6.07) is 0. The molecule has 0 radical (unpaired) electrons. The summed E-state index contributed by atoms with van der Waals surface area (Å²) in [6.07, 6.45) is 7.53. The molecule has 0 atom stereocenters. The van der Waals surface area contributed by atoms with E-state index in [-0.39, 0.29) is 20.9 Å². The van der Waals surface area contributed by atoms with Gasteiger partial charge >= 0.3 is 84.7 Å². The average molecular weight is 280 g/mol. The second-order valence-corrected chi connectivity index (χ2v) is 6.81. The Morgan fingerprint density at radius 2 is 2.08 bits per heavy atom. The third-order valence-corrected chi connectivity index (χ3v) is 5.02. The van der Waals surface area contributed by atoms with Crippen LogP contribution in [0.15, 0.2) is 9.19 Å². The summed E-state index contributed by atoms with van der Waals surface area (Å²) in [6.45, 7) is 2.19. The zero-order valence-corrected chi connectivity index (χ0v) is 9.97. The van der Waals surface area contributed by atoms with Crippen molar-refractivity contribution in [1.29, 1.82) is 0 Å². The van der Waals surface area contributed by atoms with Crippen molar-refractivity contribution in [2.75, 3.05) is 0 Å². The molecule has 68 valence electrons. The zero-order valence-electron chi connectivity index (χ0n) is 7.64. The Balaban J connectivity index is 2.61. The van der Waals surface area contributed by atoms with Crippen LogP contribution in [-0.2, 0) is 4.79 Å². The molecule has 0 aromatic rings. The van der Waals surface area contributed by atoms with Crippen molar-refractivity contribution < 1.29 is 4.79 Å². The maximum absolute atomic E-state index is 10.8. The van der Waals surface area contributed by atoms with E-state index in [0.717, 1.165) is 6.29 Å². The van der Waals surface area contributed by atoms with E-state index in [2.05, 4.69) is 6.92 Å². The van der Waals surface area contributed by atoms with Crippen molar-refractivity contribution in [1.82, 2.24) is 0 Å². The van der Waals surface area contributed by atoms with Gasteiger partial charge in [0.2, 0.25) is 0 Å². The molecule has 2 heteroatoms. The molecule has 0 aromatic carbocycles. The number of aldehydes is 1. The van der Waals surface area contributed by atoms with Crippen LogP contribution in [0.2, 0.25) is 4.47 Å². The second-order valence-electron chi connectivity index (χ2n) is 3.08. The van der Waals surface area contributed by atoms with Crippen molar-refractivity contribution in [2.24, 2.45) is 0 Å². The first-order valence-electron chi connectivity index (χ1n) is 4.68. The monoisotopic (exact) mass is 282 g/mol. The van der Waals surface area contributed by atoms with Gasteiger partial charge in [0, 0.05) is 0 Å². The van der Waals surface area contributed by atoms with Gasteiger partial charge in [0.25, 0.3) is 0 Å². The molecule has 1 aliphatic carbocycles. The molecule has 0 saturated heterocycles. The van der Waals surface area contributed by atoms with E-state index in [1.807, 2.05) is 0 Å². The van der Waals surface area contributed by atoms with Gasteiger partial charge in [-0.2, -0.15) is 0 Å². The number of hydrogen-bond acceptors (Lipinski definition) is 1. The third-order valence-electron chi connectivity index (χ3n) is 2.21. The van der Waals surface area contributed by atoms with Crippen molar-refractivity contribution in [3.63, 3.8) is 0 Å².